The van der Waals surface area contributed by atoms with E-state index >= 15 is 0 Å². The number of rotatable bonds is 8. The van der Waals surface area contributed by atoms with E-state index < -0.39 is 23.0 Å². The summed E-state index contributed by atoms with van der Waals surface area (Å²) in [6.07, 6.45) is -2.45. The van der Waals surface area contributed by atoms with Crippen molar-refractivity contribution >= 4 is 39.8 Å². The summed E-state index contributed by atoms with van der Waals surface area (Å²) in [5.41, 5.74) is 2.56. The lowest BCUT2D eigenvalue weighted by Gasteiger charge is -2.20. The summed E-state index contributed by atoms with van der Waals surface area (Å²) in [5, 5.41) is 10.8. The zero-order valence-corrected chi connectivity index (χ0v) is 21.0. The number of hydrogen-bond donors (Lipinski definition) is 1. The van der Waals surface area contributed by atoms with Gasteiger partial charge in [0.05, 0.1) is 12.7 Å². The van der Waals surface area contributed by atoms with Crippen LogP contribution >= 0.6 is 11.8 Å². The highest BCUT2D eigenvalue weighted by Gasteiger charge is 2.46. The van der Waals surface area contributed by atoms with Crippen LogP contribution in [0.15, 0.2) is 52.1 Å². The minimum atomic E-state index is -4.70. The van der Waals surface area contributed by atoms with Crippen molar-refractivity contribution in [3.8, 4) is 17.2 Å². The van der Waals surface area contributed by atoms with Gasteiger partial charge in [0.2, 0.25) is 10.2 Å². The minimum absolute atomic E-state index is 0.201. The zero-order valence-electron chi connectivity index (χ0n) is 20.2. The van der Waals surface area contributed by atoms with Gasteiger partial charge >= 0.3 is 6.18 Å². The van der Waals surface area contributed by atoms with E-state index in [4.69, 9.17) is 19.6 Å². The number of carbonyl (C=O) groups excluding carboxylic acids is 1. The van der Waals surface area contributed by atoms with Crippen LogP contribution in [0.1, 0.15) is 23.6 Å². The Balaban J connectivity index is 1.44. The summed E-state index contributed by atoms with van der Waals surface area (Å²) in [6, 6.07) is 10.9. The molecule has 2 aliphatic rings. The Hall–Kier alpha value is -3.80. The monoisotopic (exact) mass is 532 g/mol. The molecular formula is C25H23F3N4O4S. The Bertz CT molecular complexity index is 1340. The van der Waals surface area contributed by atoms with Gasteiger partial charge in [0.25, 0.3) is 5.91 Å². The minimum Gasteiger partial charge on any atom is -0.493 e. The van der Waals surface area contributed by atoms with E-state index in [0.717, 1.165) is 17.7 Å². The number of amides is 1. The van der Waals surface area contributed by atoms with E-state index in [9.17, 15) is 18.0 Å². The third-order valence-corrected chi connectivity index (χ3v) is 6.28. The van der Waals surface area contributed by atoms with Crippen molar-refractivity contribution in [2.75, 3.05) is 20.3 Å². The Kier molecular flexibility index (Phi) is 7.58. The molecule has 1 N–H and O–H groups in total. The number of halogens is 3. The molecule has 0 saturated heterocycles. The van der Waals surface area contributed by atoms with Gasteiger partial charge in [-0.2, -0.15) is 28.3 Å². The number of amidine groups is 2. The molecular weight excluding hydrogens is 509 g/mol. The van der Waals surface area contributed by atoms with Crippen LogP contribution in [-0.2, 0) is 11.2 Å². The lowest BCUT2D eigenvalue weighted by Crippen LogP contribution is -2.35. The Morgan fingerprint density at radius 3 is 2.57 bits per heavy atom. The summed E-state index contributed by atoms with van der Waals surface area (Å²) in [6.45, 7) is 4.64. The molecule has 0 fully saturated rings. The molecule has 0 radical (unpaired) electrons. The van der Waals surface area contributed by atoms with E-state index in [0.29, 0.717) is 28.7 Å². The first-order valence-electron chi connectivity index (χ1n) is 11.2. The highest BCUT2D eigenvalue weighted by Crippen LogP contribution is 2.36. The van der Waals surface area contributed by atoms with Gasteiger partial charge in [-0.15, -0.1) is 0 Å². The molecule has 0 bridgehead atoms. The maximum absolute atomic E-state index is 13.0. The van der Waals surface area contributed by atoms with Gasteiger partial charge in [-0.05, 0) is 72.1 Å². The number of fused-ring (bicyclic) bond motifs is 1. The fraction of sp³-hybridized carbons (Fsp3) is 0.280. The molecule has 1 amide bonds. The van der Waals surface area contributed by atoms with Crippen LogP contribution in [0.25, 0.3) is 6.08 Å². The SMILES string of the molecule is CCc1cc(C)cc(OCCOc2ccc(/C=C3/C(=N)N4N=C(C(F)(F)F)SC4=NC3=O)cc2OC)c1. The summed E-state index contributed by atoms with van der Waals surface area (Å²) in [5.74, 6) is 0.239. The van der Waals surface area contributed by atoms with Crippen molar-refractivity contribution in [3.63, 3.8) is 0 Å². The maximum Gasteiger partial charge on any atom is 0.441 e. The second kappa shape index (κ2) is 10.7. The predicted octanol–water partition coefficient (Wildman–Crippen LogP) is 5.21. The number of ether oxygens (including phenoxy) is 3. The summed E-state index contributed by atoms with van der Waals surface area (Å²) in [4.78, 5) is 16.1. The van der Waals surface area contributed by atoms with Gasteiger partial charge in [0.15, 0.2) is 17.3 Å². The first-order valence-corrected chi connectivity index (χ1v) is 12.0. The highest BCUT2D eigenvalue weighted by atomic mass is 32.2. The van der Waals surface area contributed by atoms with Gasteiger partial charge in [-0.25, -0.2) is 0 Å². The topological polar surface area (TPSA) is 96.6 Å². The van der Waals surface area contributed by atoms with Gasteiger partial charge in [0.1, 0.15) is 19.0 Å². The Labute approximate surface area is 215 Å². The number of nitrogens with one attached hydrogen (secondary N) is 1. The maximum atomic E-state index is 13.0. The summed E-state index contributed by atoms with van der Waals surface area (Å²) < 4.78 is 56.0. The lowest BCUT2D eigenvalue weighted by atomic mass is 10.1. The molecule has 0 spiro atoms. The largest absolute Gasteiger partial charge is 0.493 e. The van der Waals surface area contributed by atoms with Crippen LogP contribution < -0.4 is 14.2 Å². The summed E-state index contributed by atoms with van der Waals surface area (Å²) >= 11 is 0.201. The third-order valence-electron chi connectivity index (χ3n) is 5.32. The van der Waals surface area contributed by atoms with Crippen molar-refractivity contribution in [2.45, 2.75) is 26.4 Å². The molecule has 8 nitrogen and oxygen atoms in total. The second-order valence-electron chi connectivity index (χ2n) is 8.04. The molecule has 12 heteroatoms. The van der Waals surface area contributed by atoms with Gasteiger partial charge in [-0.1, -0.05) is 19.1 Å². The third kappa shape index (κ3) is 5.96. The number of carbonyl (C=O) groups is 1. The molecule has 37 heavy (non-hydrogen) atoms. The first kappa shape index (κ1) is 26.3. The molecule has 0 aliphatic carbocycles. The highest BCUT2D eigenvalue weighted by molar-refractivity contribution is 8.27. The van der Waals surface area contributed by atoms with Crippen molar-refractivity contribution in [2.24, 2.45) is 10.1 Å². The van der Waals surface area contributed by atoms with Crippen LogP contribution in [0.5, 0.6) is 17.2 Å². The molecule has 2 aromatic rings. The first-order chi connectivity index (χ1) is 17.6. The van der Waals surface area contributed by atoms with E-state index in [1.54, 1.807) is 18.2 Å². The Morgan fingerprint density at radius 1 is 1.11 bits per heavy atom. The number of alkyl halides is 3. The standard InChI is InChI=1S/C25H23F3N4O4S/c1-4-15-9-14(2)10-17(11-15)35-7-8-36-19-6-5-16(13-20(19)34-3)12-18-21(29)32-24(30-22(18)33)37-23(31-32)25(26,27)28/h5-6,9-13,29H,4,7-8H2,1-3H3/b18-12-,29-21?. The number of aryl methyl sites for hydroxylation is 2. The molecule has 0 aromatic heterocycles. The van der Waals surface area contributed by atoms with Crippen molar-refractivity contribution < 1.29 is 32.2 Å². The number of hydrogen-bond acceptors (Lipinski definition) is 7. The molecule has 4 rings (SSSR count). The average molecular weight is 533 g/mol. The Morgan fingerprint density at radius 2 is 1.86 bits per heavy atom. The smallest absolute Gasteiger partial charge is 0.441 e. The molecule has 194 valence electrons. The molecule has 2 heterocycles. The van der Waals surface area contributed by atoms with E-state index in [-0.39, 0.29) is 29.1 Å². The predicted molar refractivity (Wildman–Crippen MR) is 136 cm³/mol. The average Bonchev–Trinajstić information content (AvgIpc) is 3.29. The normalized spacial score (nSPS) is 16.5. The molecule has 2 aromatic carbocycles. The number of thioether (sulfide) groups is 1. The van der Waals surface area contributed by atoms with Crippen molar-refractivity contribution in [1.29, 1.82) is 5.41 Å². The fourth-order valence-electron chi connectivity index (χ4n) is 3.59. The molecule has 0 atom stereocenters. The van der Waals surface area contributed by atoms with Gasteiger partial charge < -0.3 is 14.2 Å². The van der Waals surface area contributed by atoms with Crippen LogP contribution in [-0.4, -0.2) is 53.5 Å². The zero-order chi connectivity index (χ0) is 26.7. The number of nitrogens with zero attached hydrogens (tertiary/aromatic N) is 3. The molecule has 2 aliphatic heterocycles. The van der Waals surface area contributed by atoms with Crippen LogP contribution in [0, 0.1) is 12.3 Å². The molecule has 0 saturated carbocycles. The van der Waals surface area contributed by atoms with Crippen molar-refractivity contribution in [3.05, 3.63) is 58.7 Å². The van der Waals surface area contributed by atoms with Crippen LogP contribution in [0.3, 0.4) is 0 Å². The van der Waals surface area contributed by atoms with E-state index in [1.165, 1.54) is 18.7 Å². The lowest BCUT2D eigenvalue weighted by molar-refractivity contribution is -0.114. The number of benzene rings is 2. The fourth-order valence-corrected chi connectivity index (χ4v) is 4.35. The number of hydrazone groups is 1. The van der Waals surface area contributed by atoms with Crippen molar-refractivity contribution in [1.82, 2.24) is 5.01 Å². The van der Waals surface area contributed by atoms with Crippen LogP contribution in [0.4, 0.5) is 13.2 Å². The molecule has 0 unspecified atom stereocenters. The summed E-state index contributed by atoms with van der Waals surface area (Å²) in [7, 11) is 1.45. The van der Waals surface area contributed by atoms with E-state index in [1.807, 2.05) is 19.1 Å². The quantitative estimate of drug-likeness (QED) is 0.371. The second-order valence-corrected chi connectivity index (χ2v) is 8.99. The number of aliphatic imine (C=N–C) groups is 1. The van der Waals surface area contributed by atoms with Crippen LogP contribution in [0.2, 0.25) is 0 Å². The number of methoxy groups -OCH3 is 1. The van der Waals surface area contributed by atoms with E-state index in [2.05, 4.69) is 23.1 Å². The van der Waals surface area contributed by atoms with Gasteiger partial charge in [-0.3, -0.25) is 10.2 Å². The van der Waals surface area contributed by atoms with Gasteiger partial charge in [0, 0.05) is 0 Å².